The first-order valence-corrected chi connectivity index (χ1v) is 4.40. The van der Waals surface area contributed by atoms with Gasteiger partial charge in [-0.3, -0.25) is 4.79 Å². The van der Waals surface area contributed by atoms with E-state index in [2.05, 4.69) is 0 Å². The summed E-state index contributed by atoms with van der Waals surface area (Å²) in [6, 6.07) is 0. The van der Waals surface area contributed by atoms with Gasteiger partial charge in [0.2, 0.25) is 0 Å². The van der Waals surface area contributed by atoms with Crippen LogP contribution in [0.15, 0.2) is 0 Å². The van der Waals surface area contributed by atoms with Gasteiger partial charge >= 0.3 is 0 Å². The Morgan fingerprint density at radius 3 is 2.91 bits per heavy atom. The molecule has 11 heavy (non-hydrogen) atoms. The van der Waals surface area contributed by atoms with Crippen molar-refractivity contribution >= 4 is 5.78 Å². The highest BCUT2D eigenvalue weighted by Gasteiger charge is 2.29. The van der Waals surface area contributed by atoms with E-state index in [1.807, 2.05) is 13.8 Å². The Morgan fingerprint density at radius 2 is 2.45 bits per heavy atom. The molecule has 1 rings (SSSR count). The summed E-state index contributed by atoms with van der Waals surface area (Å²) in [6.45, 7) is 4.68. The van der Waals surface area contributed by atoms with Crippen molar-refractivity contribution in [2.75, 3.05) is 6.61 Å². The molecule has 2 heteroatoms. The van der Waals surface area contributed by atoms with Crippen molar-refractivity contribution in [3.05, 3.63) is 0 Å². The van der Waals surface area contributed by atoms with Gasteiger partial charge in [-0.15, -0.1) is 0 Å². The van der Waals surface area contributed by atoms with E-state index < -0.39 is 0 Å². The molecule has 0 spiro atoms. The molecule has 1 aliphatic rings. The maximum absolute atomic E-state index is 11.2. The van der Waals surface area contributed by atoms with E-state index in [1.165, 1.54) is 0 Å². The molecule has 0 amide bonds. The fraction of sp³-hybridized carbons (Fsp3) is 0.889. The Kier molecular flexibility index (Phi) is 3.06. The van der Waals surface area contributed by atoms with E-state index in [4.69, 9.17) is 4.74 Å². The minimum absolute atomic E-state index is 0.134. The summed E-state index contributed by atoms with van der Waals surface area (Å²) in [5, 5.41) is 0. The molecule has 0 bridgehead atoms. The predicted octanol–water partition coefficient (Wildman–Crippen LogP) is 1.78. The third-order valence-corrected chi connectivity index (χ3v) is 2.35. The number of carbonyl (C=O) groups is 1. The van der Waals surface area contributed by atoms with Gasteiger partial charge in [-0.2, -0.15) is 0 Å². The Labute approximate surface area is 67.9 Å². The molecule has 0 aromatic rings. The Morgan fingerprint density at radius 1 is 1.73 bits per heavy atom. The average molecular weight is 156 g/mol. The number of hydrogen-bond acceptors (Lipinski definition) is 2. The predicted molar refractivity (Wildman–Crippen MR) is 43.4 cm³/mol. The van der Waals surface area contributed by atoms with Crippen LogP contribution in [0.25, 0.3) is 0 Å². The largest absolute Gasteiger partial charge is 0.378 e. The molecule has 0 aromatic heterocycles. The summed E-state index contributed by atoms with van der Waals surface area (Å²) >= 11 is 0. The summed E-state index contributed by atoms with van der Waals surface area (Å²) in [6.07, 6.45) is 2.98. The smallest absolute Gasteiger partial charge is 0.138 e. The number of Topliss-reactive ketones (excluding diaryl/α,β-unsaturated/α-hetero) is 1. The lowest BCUT2D eigenvalue weighted by Gasteiger charge is -2.16. The molecular weight excluding hydrogens is 140 g/mol. The van der Waals surface area contributed by atoms with Crippen LogP contribution in [0.4, 0.5) is 0 Å². The van der Waals surface area contributed by atoms with E-state index >= 15 is 0 Å². The fourth-order valence-corrected chi connectivity index (χ4v) is 1.72. The van der Waals surface area contributed by atoms with Gasteiger partial charge in [0.05, 0.1) is 6.10 Å². The highest BCUT2D eigenvalue weighted by atomic mass is 16.5. The maximum atomic E-state index is 11.2. The van der Waals surface area contributed by atoms with E-state index in [0.717, 1.165) is 19.3 Å². The summed E-state index contributed by atoms with van der Waals surface area (Å²) in [7, 11) is 0. The Bertz CT molecular complexity index is 142. The Hall–Kier alpha value is -0.370. The van der Waals surface area contributed by atoms with Gasteiger partial charge < -0.3 is 4.74 Å². The quantitative estimate of drug-likeness (QED) is 0.622. The molecule has 0 radical (unpaired) electrons. The molecule has 0 N–H and O–H groups in total. The first kappa shape index (κ1) is 8.72. The highest BCUT2D eigenvalue weighted by molar-refractivity contribution is 5.83. The SMILES string of the molecule is CCO[C@H](C)[C@H]1CCCC1=O. The normalized spacial score (nSPS) is 27.5. The fourth-order valence-electron chi connectivity index (χ4n) is 1.72. The number of rotatable bonds is 3. The summed E-state index contributed by atoms with van der Waals surface area (Å²) in [5.74, 6) is 0.584. The molecule has 1 aliphatic carbocycles. The van der Waals surface area contributed by atoms with Crippen LogP contribution < -0.4 is 0 Å². The molecule has 0 saturated heterocycles. The molecule has 0 heterocycles. The van der Waals surface area contributed by atoms with Crippen LogP contribution in [0, 0.1) is 5.92 Å². The number of hydrogen-bond donors (Lipinski definition) is 0. The van der Waals surface area contributed by atoms with Gasteiger partial charge in [0, 0.05) is 18.9 Å². The zero-order valence-corrected chi connectivity index (χ0v) is 7.30. The monoisotopic (exact) mass is 156 g/mol. The molecule has 0 unspecified atom stereocenters. The lowest BCUT2D eigenvalue weighted by atomic mass is 10.0. The molecule has 1 saturated carbocycles. The van der Waals surface area contributed by atoms with Crippen LogP contribution in [-0.2, 0) is 9.53 Å². The van der Waals surface area contributed by atoms with E-state index in [9.17, 15) is 4.79 Å². The first-order valence-electron chi connectivity index (χ1n) is 4.40. The van der Waals surface area contributed by atoms with Crippen LogP contribution >= 0.6 is 0 Å². The zero-order chi connectivity index (χ0) is 8.27. The standard InChI is InChI=1S/C9H16O2/c1-3-11-7(2)8-5-4-6-9(8)10/h7-8H,3-6H2,1-2H3/t7-,8-/m1/s1. The van der Waals surface area contributed by atoms with Crippen molar-refractivity contribution in [1.29, 1.82) is 0 Å². The van der Waals surface area contributed by atoms with Gasteiger partial charge in [-0.1, -0.05) is 0 Å². The number of ether oxygens (including phenoxy) is 1. The van der Waals surface area contributed by atoms with Gasteiger partial charge in [-0.05, 0) is 26.7 Å². The molecule has 2 nitrogen and oxygen atoms in total. The van der Waals surface area contributed by atoms with Crippen LogP contribution in [0.2, 0.25) is 0 Å². The molecule has 64 valence electrons. The second kappa shape index (κ2) is 3.86. The summed E-state index contributed by atoms with van der Waals surface area (Å²) in [4.78, 5) is 11.2. The third kappa shape index (κ3) is 2.03. The minimum Gasteiger partial charge on any atom is -0.378 e. The van der Waals surface area contributed by atoms with Crippen LogP contribution in [0.5, 0.6) is 0 Å². The van der Waals surface area contributed by atoms with E-state index in [-0.39, 0.29) is 12.0 Å². The average Bonchev–Trinajstić information content (AvgIpc) is 2.36. The van der Waals surface area contributed by atoms with Gasteiger partial charge in [0.15, 0.2) is 0 Å². The van der Waals surface area contributed by atoms with Crippen molar-refractivity contribution in [3.8, 4) is 0 Å². The van der Waals surface area contributed by atoms with Crippen LogP contribution in [0.3, 0.4) is 0 Å². The van der Waals surface area contributed by atoms with E-state index in [0.29, 0.717) is 12.4 Å². The summed E-state index contributed by atoms with van der Waals surface area (Å²) in [5.41, 5.74) is 0. The second-order valence-electron chi connectivity index (χ2n) is 3.13. The molecule has 0 aliphatic heterocycles. The van der Waals surface area contributed by atoms with Gasteiger partial charge in [0.1, 0.15) is 5.78 Å². The van der Waals surface area contributed by atoms with Gasteiger partial charge in [0.25, 0.3) is 0 Å². The maximum Gasteiger partial charge on any atom is 0.138 e. The molecule has 2 atom stereocenters. The van der Waals surface area contributed by atoms with Crippen molar-refractivity contribution in [2.24, 2.45) is 5.92 Å². The first-order chi connectivity index (χ1) is 5.25. The van der Waals surface area contributed by atoms with Crippen molar-refractivity contribution in [3.63, 3.8) is 0 Å². The van der Waals surface area contributed by atoms with Crippen LogP contribution in [-0.4, -0.2) is 18.5 Å². The molecular formula is C9H16O2. The number of ketones is 1. The van der Waals surface area contributed by atoms with Crippen molar-refractivity contribution in [2.45, 2.75) is 39.2 Å². The lowest BCUT2D eigenvalue weighted by Crippen LogP contribution is -2.23. The number of carbonyl (C=O) groups excluding carboxylic acids is 1. The summed E-state index contributed by atoms with van der Waals surface area (Å²) < 4.78 is 5.38. The molecule has 1 fully saturated rings. The third-order valence-electron chi connectivity index (χ3n) is 2.35. The minimum atomic E-state index is 0.134. The van der Waals surface area contributed by atoms with Gasteiger partial charge in [-0.25, -0.2) is 0 Å². The van der Waals surface area contributed by atoms with Crippen molar-refractivity contribution < 1.29 is 9.53 Å². The molecule has 0 aromatic carbocycles. The second-order valence-corrected chi connectivity index (χ2v) is 3.13. The van der Waals surface area contributed by atoms with Crippen molar-refractivity contribution in [1.82, 2.24) is 0 Å². The van der Waals surface area contributed by atoms with Crippen LogP contribution in [0.1, 0.15) is 33.1 Å². The van der Waals surface area contributed by atoms with E-state index in [1.54, 1.807) is 0 Å². The zero-order valence-electron chi connectivity index (χ0n) is 7.30. The Balaban J connectivity index is 2.39. The highest BCUT2D eigenvalue weighted by Crippen LogP contribution is 2.25. The topological polar surface area (TPSA) is 26.3 Å². The lowest BCUT2D eigenvalue weighted by molar-refractivity contribution is -0.124.